The fraction of sp³-hybridized carbons (Fsp3) is 0.600. The van der Waals surface area contributed by atoms with Crippen LogP contribution in [0, 0.1) is 5.41 Å². The largest absolute Gasteiger partial charge is 0.573 e. The smallest absolute Gasteiger partial charge is 0.444 e. The molecule has 1 aliphatic rings. The first-order chi connectivity index (χ1) is 13.8. The average molecular weight is 430 g/mol. The SMILES string of the molecule is CC1(CN=C(N)Nc2ccccc2OC(F)(F)F)CCN(C(=O)OC(C)(C)C)CC1. The summed E-state index contributed by atoms with van der Waals surface area (Å²) in [6, 6.07) is 5.60. The minimum absolute atomic E-state index is 0.0102. The number of nitrogens with zero attached hydrogens (tertiary/aromatic N) is 2. The molecule has 1 aliphatic heterocycles. The van der Waals surface area contributed by atoms with Gasteiger partial charge >= 0.3 is 12.5 Å². The molecule has 0 unspecified atom stereocenters. The second-order valence-electron chi connectivity index (χ2n) is 8.65. The molecule has 0 spiro atoms. The van der Waals surface area contributed by atoms with Crippen LogP contribution < -0.4 is 15.8 Å². The summed E-state index contributed by atoms with van der Waals surface area (Å²) >= 11 is 0. The lowest BCUT2D eigenvalue weighted by atomic mass is 9.80. The van der Waals surface area contributed by atoms with Crippen LogP contribution in [0.25, 0.3) is 0 Å². The molecule has 0 bridgehead atoms. The molecule has 0 radical (unpaired) electrons. The molecule has 168 valence electrons. The number of hydrogen-bond acceptors (Lipinski definition) is 4. The molecule has 1 saturated heterocycles. The van der Waals surface area contributed by atoms with Crippen molar-refractivity contribution in [3.63, 3.8) is 0 Å². The number of nitrogens with two attached hydrogens (primary N) is 1. The van der Waals surface area contributed by atoms with Crippen molar-refractivity contribution in [2.45, 2.75) is 52.5 Å². The zero-order valence-electron chi connectivity index (χ0n) is 17.7. The number of halogens is 3. The minimum Gasteiger partial charge on any atom is -0.444 e. The van der Waals surface area contributed by atoms with E-state index in [9.17, 15) is 18.0 Å². The van der Waals surface area contributed by atoms with Crippen LogP contribution in [0.15, 0.2) is 29.3 Å². The number of para-hydroxylation sites is 2. The van der Waals surface area contributed by atoms with Crippen LogP contribution in [-0.2, 0) is 4.74 Å². The number of rotatable bonds is 4. The molecule has 3 N–H and O–H groups in total. The molecule has 1 aromatic carbocycles. The fourth-order valence-corrected chi connectivity index (χ4v) is 2.95. The summed E-state index contributed by atoms with van der Waals surface area (Å²) in [5, 5.41) is 2.66. The van der Waals surface area contributed by atoms with E-state index in [1.54, 1.807) is 11.0 Å². The molecular weight excluding hydrogens is 401 g/mol. The van der Waals surface area contributed by atoms with E-state index in [0.29, 0.717) is 32.5 Å². The van der Waals surface area contributed by atoms with Gasteiger partial charge in [0.25, 0.3) is 0 Å². The second kappa shape index (κ2) is 9.01. The molecule has 7 nitrogen and oxygen atoms in total. The molecule has 1 fully saturated rings. The number of hydrogen-bond donors (Lipinski definition) is 2. The zero-order valence-corrected chi connectivity index (χ0v) is 17.7. The Hall–Kier alpha value is -2.65. The van der Waals surface area contributed by atoms with E-state index < -0.39 is 12.0 Å². The Morgan fingerprint density at radius 2 is 1.83 bits per heavy atom. The Bertz CT molecular complexity index is 767. The van der Waals surface area contributed by atoms with Crippen molar-refractivity contribution in [2.24, 2.45) is 16.1 Å². The Kier molecular flexibility index (Phi) is 7.10. The summed E-state index contributed by atoms with van der Waals surface area (Å²) in [6.07, 6.45) is -3.73. The van der Waals surface area contributed by atoms with Crippen LogP contribution in [0.4, 0.5) is 23.7 Å². The van der Waals surface area contributed by atoms with Gasteiger partial charge in [-0.2, -0.15) is 0 Å². The number of benzene rings is 1. The van der Waals surface area contributed by atoms with Crippen molar-refractivity contribution in [1.29, 1.82) is 0 Å². The van der Waals surface area contributed by atoms with Crippen LogP contribution in [0.1, 0.15) is 40.5 Å². The maximum Gasteiger partial charge on any atom is 0.573 e. The third kappa shape index (κ3) is 7.64. The number of alkyl halides is 3. The van der Waals surface area contributed by atoms with Crippen LogP contribution >= 0.6 is 0 Å². The molecule has 1 heterocycles. The van der Waals surface area contributed by atoms with E-state index in [1.807, 2.05) is 27.7 Å². The van der Waals surface area contributed by atoms with Gasteiger partial charge in [0.15, 0.2) is 11.7 Å². The van der Waals surface area contributed by atoms with Gasteiger partial charge in [0.05, 0.1) is 5.69 Å². The highest BCUT2D eigenvalue weighted by atomic mass is 19.4. The Morgan fingerprint density at radius 1 is 1.23 bits per heavy atom. The highest BCUT2D eigenvalue weighted by Gasteiger charge is 2.34. The van der Waals surface area contributed by atoms with Crippen molar-refractivity contribution in [3.05, 3.63) is 24.3 Å². The second-order valence-corrected chi connectivity index (χ2v) is 8.65. The zero-order chi connectivity index (χ0) is 22.6. The highest BCUT2D eigenvalue weighted by molar-refractivity contribution is 5.93. The average Bonchev–Trinajstić information content (AvgIpc) is 2.60. The van der Waals surface area contributed by atoms with E-state index in [-0.39, 0.29) is 28.9 Å². The van der Waals surface area contributed by atoms with E-state index in [1.165, 1.54) is 18.2 Å². The predicted molar refractivity (Wildman–Crippen MR) is 108 cm³/mol. The molecular formula is C20H29F3N4O3. The lowest BCUT2D eigenvalue weighted by molar-refractivity contribution is -0.274. The molecule has 10 heteroatoms. The van der Waals surface area contributed by atoms with E-state index in [2.05, 4.69) is 15.0 Å². The van der Waals surface area contributed by atoms with Gasteiger partial charge in [0.1, 0.15) is 5.60 Å². The lowest BCUT2D eigenvalue weighted by Crippen LogP contribution is -2.45. The third-order valence-electron chi connectivity index (χ3n) is 4.63. The molecule has 0 aromatic heterocycles. The number of carbonyl (C=O) groups excluding carboxylic acids is 1. The van der Waals surface area contributed by atoms with Crippen LogP contribution in [-0.4, -0.2) is 48.6 Å². The van der Waals surface area contributed by atoms with Gasteiger partial charge in [0.2, 0.25) is 0 Å². The molecule has 30 heavy (non-hydrogen) atoms. The standard InChI is InChI=1S/C20H29F3N4O3/c1-18(2,3)30-17(28)27-11-9-19(4,10-12-27)13-25-16(24)26-14-7-5-6-8-15(14)29-20(21,22)23/h5-8H,9-13H2,1-4H3,(H3,24,25,26). The molecule has 1 aromatic rings. The van der Waals surface area contributed by atoms with Gasteiger partial charge in [0, 0.05) is 19.6 Å². The molecule has 0 saturated carbocycles. The fourth-order valence-electron chi connectivity index (χ4n) is 2.95. The normalized spacial score (nSPS) is 17.4. The number of ether oxygens (including phenoxy) is 2. The van der Waals surface area contributed by atoms with Gasteiger partial charge in [-0.3, -0.25) is 4.99 Å². The van der Waals surface area contributed by atoms with Crippen molar-refractivity contribution in [3.8, 4) is 5.75 Å². The molecule has 2 rings (SSSR count). The number of amides is 1. The number of guanidine groups is 1. The number of aliphatic imine (C=N–C) groups is 1. The Morgan fingerprint density at radius 3 is 2.40 bits per heavy atom. The number of piperidine rings is 1. The number of nitrogens with one attached hydrogen (secondary N) is 1. The third-order valence-corrected chi connectivity index (χ3v) is 4.63. The van der Waals surface area contributed by atoms with Crippen molar-refractivity contribution in [1.82, 2.24) is 4.90 Å². The minimum atomic E-state index is -4.81. The maximum absolute atomic E-state index is 12.5. The Labute approximate surface area is 174 Å². The van der Waals surface area contributed by atoms with Crippen molar-refractivity contribution in [2.75, 3.05) is 25.0 Å². The number of likely N-dealkylation sites (tertiary alicyclic amines) is 1. The van der Waals surface area contributed by atoms with Crippen molar-refractivity contribution < 1.29 is 27.4 Å². The quantitative estimate of drug-likeness (QED) is 0.548. The summed E-state index contributed by atoms with van der Waals surface area (Å²) in [6.45, 7) is 8.95. The van der Waals surface area contributed by atoms with Gasteiger partial charge in [-0.15, -0.1) is 13.2 Å². The predicted octanol–water partition coefficient (Wildman–Crippen LogP) is 4.35. The molecule has 0 atom stereocenters. The summed E-state index contributed by atoms with van der Waals surface area (Å²) in [7, 11) is 0. The maximum atomic E-state index is 12.5. The van der Waals surface area contributed by atoms with Gasteiger partial charge in [-0.1, -0.05) is 19.1 Å². The molecule has 0 aliphatic carbocycles. The van der Waals surface area contributed by atoms with Gasteiger partial charge in [-0.05, 0) is 51.2 Å². The topological polar surface area (TPSA) is 89.2 Å². The summed E-state index contributed by atoms with van der Waals surface area (Å²) in [4.78, 5) is 18.1. The van der Waals surface area contributed by atoms with E-state index in [0.717, 1.165) is 0 Å². The van der Waals surface area contributed by atoms with Gasteiger partial charge < -0.3 is 25.4 Å². The number of carbonyl (C=O) groups is 1. The van der Waals surface area contributed by atoms with Crippen LogP contribution in [0.3, 0.4) is 0 Å². The van der Waals surface area contributed by atoms with E-state index >= 15 is 0 Å². The Balaban J connectivity index is 1.93. The monoisotopic (exact) mass is 430 g/mol. The summed E-state index contributed by atoms with van der Waals surface area (Å²) in [5.74, 6) is -0.399. The van der Waals surface area contributed by atoms with E-state index in [4.69, 9.17) is 10.5 Å². The van der Waals surface area contributed by atoms with Crippen molar-refractivity contribution >= 4 is 17.7 Å². The van der Waals surface area contributed by atoms with Crippen LogP contribution in [0.2, 0.25) is 0 Å². The van der Waals surface area contributed by atoms with Crippen LogP contribution in [0.5, 0.6) is 5.75 Å². The van der Waals surface area contributed by atoms with Gasteiger partial charge in [-0.25, -0.2) is 4.79 Å². The first-order valence-electron chi connectivity index (χ1n) is 9.66. The lowest BCUT2D eigenvalue weighted by Gasteiger charge is -2.38. The first kappa shape index (κ1) is 23.6. The molecule has 1 amide bonds. The number of anilines is 1. The highest BCUT2D eigenvalue weighted by Crippen LogP contribution is 2.32. The summed E-state index contributed by atoms with van der Waals surface area (Å²) < 4.78 is 47.0. The summed E-state index contributed by atoms with van der Waals surface area (Å²) in [5.41, 5.74) is 5.21. The first-order valence-corrected chi connectivity index (χ1v) is 9.66.